The molecule has 0 radical (unpaired) electrons. The molecule has 2 atom stereocenters. The van der Waals surface area contributed by atoms with E-state index in [4.69, 9.17) is 6.42 Å². The quantitative estimate of drug-likeness (QED) is 0.597. The normalized spacial score (nSPS) is 27.4. The SMILES string of the molecule is C#CCCCN1C(=O)C(C2CC2)NC(=O)C1C(C)C. The molecule has 2 aliphatic rings. The molecule has 1 N–H and O–H groups in total. The van der Waals surface area contributed by atoms with Gasteiger partial charge < -0.3 is 10.2 Å². The molecule has 2 rings (SSSR count). The summed E-state index contributed by atoms with van der Waals surface area (Å²) in [5.41, 5.74) is 0. The van der Waals surface area contributed by atoms with Crippen LogP contribution in [0.25, 0.3) is 0 Å². The number of nitrogens with one attached hydrogen (secondary N) is 1. The minimum atomic E-state index is -0.347. The fraction of sp³-hybridized carbons (Fsp3) is 0.733. The highest BCUT2D eigenvalue weighted by Crippen LogP contribution is 2.35. The van der Waals surface area contributed by atoms with Crippen LogP contribution in [0.2, 0.25) is 0 Å². The van der Waals surface area contributed by atoms with Gasteiger partial charge in [-0.2, -0.15) is 0 Å². The molecule has 0 aromatic carbocycles. The molecular weight excluding hydrogens is 240 g/mol. The number of hydrogen-bond donors (Lipinski definition) is 1. The van der Waals surface area contributed by atoms with Crippen molar-refractivity contribution >= 4 is 11.8 Å². The average Bonchev–Trinajstić information content (AvgIpc) is 3.16. The Kier molecular flexibility index (Phi) is 4.14. The molecule has 4 nitrogen and oxygen atoms in total. The summed E-state index contributed by atoms with van der Waals surface area (Å²) in [4.78, 5) is 26.5. The van der Waals surface area contributed by atoms with E-state index in [1.807, 2.05) is 13.8 Å². The van der Waals surface area contributed by atoms with Gasteiger partial charge in [-0.3, -0.25) is 9.59 Å². The van der Waals surface area contributed by atoms with Crippen molar-refractivity contribution in [3.8, 4) is 12.3 Å². The molecule has 0 spiro atoms. The van der Waals surface area contributed by atoms with Gasteiger partial charge >= 0.3 is 0 Å². The van der Waals surface area contributed by atoms with E-state index in [1.165, 1.54) is 0 Å². The Bertz CT molecular complexity index is 407. The zero-order valence-corrected chi connectivity index (χ0v) is 11.7. The Morgan fingerprint density at radius 1 is 1.42 bits per heavy atom. The number of hydrogen-bond acceptors (Lipinski definition) is 2. The summed E-state index contributed by atoms with van der Waals surface area (Å²) in [7, 11) is 0. The maximum atomic E-state index is 12.5. The van der Waals surface area contributed by atoms with Crippen LogP contribution in [-0.4, -0.2) is 35.3 Å². The molecule has 0 aromatic heterocycles. The molecule has 1 saturated carbocycles. The summed E-state index contributed by atoms with van der Waals surface area (Å²) in [5.74, 6) is 3.13. The van der Waals surface area contributed by atoms with Gasteiger partial charge in [-0.25, -0.2) is 0 Å². The number of carbonyl (C=O) groups excluding carboxylic acids is 2. The van der Waals surface area contributed by atoms with Crippen molar-refractivity contribution in [2.24, 2.45) is 11.8 Å². The summed E-state index contributed by atoms with van der Waals surface area (Å²) in [5, 5.41) is 2.91. The molecule has 104 valence electrons. The average molecular weight is 262 g/mol. The summed E-state index contributed by atoms with van der Waals surface area (Å²) in [6.45, 7) is 4.54. The van der Waals surface area contributed by atoms with Gasteiger partial charge in [0.15, 0.2) is 0 Å². The first kappa shape index (κ1) is 13.9. The van der Waals surface area contributed by atoms with Gasteiger partial charge in [-0.05, 0) is 31.1 Å². The van der Waals surface area contributed by atoms with Crippen LogP contribution in [0.5, 0.6) is 0 Å². The second-order valence-corrected chi connectivity index (χ2v) is 5.85. The Labute approximate surface area is 114 Å². The minimum Gasteiger partial charge on any atom is -0.342 e. The molecule has 1 aliphatic heterocycles. The minimum absolute atomic E-state index is 0.00722. The number of rotatable bonds is 5. The summed E-state index contributed by atoms with van der Waals surface area (Å²) in [6, 6.07) is -0.645. The van der Waals surface area contributed by atoms with E-state index in [0.717, 1.165) is 19.3 Å². The van der Waals surface area contributed by atoms with E-state index in [-0.39, 0.29) is 29.8 Å². The summed E-state index contributed by atoms with van der Waals surface area (Å²) < 4.78 is 0. The highest BCUT2D eigenvalue weighted by molar-refractivity contribution is 5.97. The third-order valence-corrected chi connectivity index (χ3v) is 3.90. The molecule has 2 unspecified atom stereocenters. The van der Waals surface area contributed by atoms with Gasteiger partial charge in [-0.15, -0.1) is 12.3 Å². The first-order valence-corrected chi connectivity index (χ1v) is 7.10. The van der Waals surface area contributed by atoms with E-state index in [9.17, 15) is 9.59 Å². The second-order valence-electron chi connectivity index (χ2n) is 5.85. The standard InChI is InChI=1S/C15H22N2O2/c1-4-5-6-9-17-13(10(2)3)14(18)16-12(15(17)19)11-7-8-11/h1,10-13H,5-9H2,2-3H3,(H,16,18). The Morgan fingerprint density at radius 2 is 2.11 bits per heavy atom. The number of terminal acetylenes is 1. The molecule has 0 bridgehead atoms. The van der Waals surface area contributed by atoms with E-state index >= 15 is 0 Å². The van der Waals surface area contributed by atoms with Gasteiger partial charge in [0.2, 0.25) is 11.8 Å². The summed E-state index contributed by atoms with van der Waals surface area (Å²) in [6.07, 6.45) is 8.74. The van der Waals surface area contributed by atoms with E-state index in [2.05, 4.69) is 11.2 Å². The molecule has 0 aromatic rings. The third-order valence-electron chi connectivity index (χ3n) is 3.90. The van der Waals surface area contributed by atoms with Crippen LogP contribution in [0.3, 0.4) is 0 Å². The lowest BCUT2D eigenvalue weighted by atomic mass is 9.95. The topological polar surface area (TPSA) is 49.4 Å². The zero-order chi connectivity index (χ0) is 14.0. The first-order valence-electron chi connectivity index (χ1n) is 7.10. The van der Waals surface area contributed by atoms with Crippen molar-refractivity contribution in [2.45, 2.75) is 51.6 Å². The van der Waals surface area contributed by atoms with E-state index < -0.39 is 0 Å². The largest absolute Gasteiger partial charge is 0.342 e. The highest BCUT2D eigenvalue weighted by Gasteiger charge is 2.47. The van der Waals surface area contributed by atoms with Crippen LogP contribution in [-0.2, 0) is 9.59 Å². The van der Waals surface area contributed by atoms with Gasteiger partial charge in [0.25, 0.3) is 0 Å². The van der Waals surface area contributed by atoms with Crippen molar-refractivity contribution in [2.75, 3.05) is 6.54 Å². The smallest absolute Gasteiger partial charge is 0.246 e. The maximum absolute atomic E-state index is 12.5. The Morgan fingerprint density at radius 3 is 2.63 bits per heavy atom. The molecular formula is C15H22N2O2. The predicted octanol–water partition coefficient (Wildman–Crippen LogP) is 1.16. The third kappa shape index (κ3) is 2.91. The molecule has 2 fully saturated rings. The number of unbranched alkanes of at least 4 members (excludes halogenated alkanes) is 1. The van der Waals surface area contributed by atoms with Crippen molar-refractivity contribution in [3.63, 3.8) is 0 Å². The van der Waals surface area contributed by atoms with Crippen molar-refractivity contribution < 1.29 is 9.59 Å². The number of nitrogens with zero attached hydrogens (tertiary/aromatic N) is 1. The lowest BCUT2D eigenvalue weighted by Gasteiger charge is -2.41. The molecule has 1 saturated heterocycles. The molecule has 2 amide bonds. The van der Waals surface area contributed by atoms with Crippen molar-refractivity contribution in [1.82, 2.24) is 10.2 Å². The lowest BCUT2D eigenvalue weighted by molar-refractivity contribution is -0.151. The number of carbonyl (C=O) groups is 2. The van der Waals surface area contributed by atoms with Crippen LogP contribution in [0, 0.1) is 24.2 Å². The molecule has 1 heterocycles. The van der Waals surface area contributed by atoms with E-state index in [1.54, 1.807) is 4.90 Å². The molecule has 4 heteroatoms. The van der Waals surface area contributed by atoms with Gasteiger partial charge in [0.1, 0.15) is 12.1 Å². The monoisotopic (exact) mass is 262 g/mol. The van der Waals surface area contributed by atoms with Crippen molar-refractivity contribution in [1.29, 1.82) is 0 Å². The first-order chi connectivity index (χ1) is 9.06. The van der Waals surface area contributed by atoms with Crippen LogP contribution >= 0.6 is 0 Å². The maximum Gasteiger partial charge on any atom is 0.246 e. The predicted molar refractivity (Wildman–Crippen MR) is 73.1 cm³/mol. The molecule has 1 aliphatic carbocycles. The fourth-order valence-corrected chi connectivity index (χ4v) is 2.77. The zero-order valence-electron chi connectivity index (χ0n) is 11.7. The van der Waals surface area contributed by atoms with Gasteiger partial charge in [0.05, 0.1) is 0 Å². The van der Waals surface area contributed by atoms with E-state index in [0.29, 0.717) is 18.9 Å². The van der Waals surface area contributed by atoms with Gasteiger partial charge in [0, 0.05) is 13.0 Å². The van der Waals surface area contributed by atoms with Crippen LogP contribution in [0.15, 0.2) is 0 Å². The fourth-order valence-electron chi connectivity index (χ4n) is 2.77. The Balaban J connectivity index is 2.12. The van der Waals surface area contributed by atoms with Crippen molar-refractivity contribution in [3.05, 3.63) is 0 Å². The van der Waals surface area contributed by atoms with Crippen LogP contribution < -0.4 is 5.32 Å². The van der Waals surface area contributed by atoms with Crippen LogP contribution in [0.4, 0.5) is 0 Å². The van der Waals surface area contributed by atoms with Crippen LogP contribution in [0.1, 0.15) is 39.5 Å². The Hall–Kier alpha value is -1.50. The second kappa shape index (κ2) is 5.64. The number of amides is 2. The molecule has 19 heavy (non-hydrogen) atoms. The summed E-state index contributed by atoms with van der Waals surface area (Å²) >= 11 is 0. The van der Waals surface area contributed by atoms with Gasteiger partial charge in [-0.1, -0.05) is 13.8 Å². The highest BCUT2D eigenvalue weighted by atomic mass is 16.2. The lowest BCUT2D eigenvalue weighted by Crippen LogP contribution is -2.65. The number of piperazine rings is 1.